The molecule has 0 saturated carbocycles. The van der Waals surface area contributed by atoms with Crippen molar-refractivity contribution in [2.45, 2.75) is 32.6 Å². The van der Waals surface area contributed by atoms with E-state index < -0.39 is 12.0 Å². The van der Waals surface area contributed by atoms with Crippen LogP contribution in [0.5, 0.6) is 0 Å². The summed E-state index contributed by atoms with van der Waals surface area (Å²) in [6.07, 6.45) is -3.68. The standard InChI is InChI=1S/C16H18F3N7OS/c1-2-9-7-10-12(21-15(20-3-6-27)22-13(10)28-9)25-4-5-26-11(8-25)23-24-14(26)16(17,18)19/h7,27H,2-6,8H2,1H3,(H,20,21,22). The molecule has 0 radical (unpaired) electrons. The van der Waals surface area contributed by atoms with Crippen molar-refractivity contribution in [3.8, 4) is 0 Å². The minimum atomic E-state index is -4.53. The van der Waals surface area contributed by atoms with E-state index in [0.29, 0.717) is 24.9 Å². The molecule has 0 amide bonds. The number of nitrogens with zero attached hydrogens (tertiary/aromatic N) is 6. The Bertz CT molecular complexity index is 1000. The first-order chi connectivity index (χ1) is 13.4. The first kappa shape index (κ1) is 18.9. The maximum absolute atomic E-state index is 13.1. The number of aryl methyl sites for hydroxylation is 1. The van der Waals surface area contributed by atoms with Crippen LogP contribution in [0.25, 0.3) is 10.2 Å². The first-order valence-corrected chi connectivity index (χ1v) is 9.61. The van der Waals surface area contributed by atoms with E-state index >= 15 is 0 Å². The Morgan fingerprint density at radius 1 is 1.25 bits per heavy atom. The number of halogens is 3. The van der Waals surface area contributed by atoms with Crippen LogP contribution in [-0.2, 0) is 25.7 Å². The van der Waals surface area contributed by atoms with Crippen molar-refractivity contribution in [1.29, 1.82) is 0 Å². The quantitative estimate of drug-likeness (QED) is 0.663. The van der Waals surface area contributed by atoms with E-state index in [1.54, 1.807) is 11.3 Å². The monoisotopic (exact) mass is 413 g/mol. The van der Waals surface area contributed by atoms with Gasteiger partial charge in [0, 0.05) is 24.5 Å². The molecule has 4 heterocycles. The maximum Gasteiger partial charge on any atom is 0.451 e. The number of hydrogen-bond acceptors (Lipinski definition) is 8. The van der Waals surface area contributed by atoms with Crippen molar-refractivity contribution >= 4 is 33.3 Å². The molecule has 0 unspecified atom stereocenters. The number of anilines is 2. The maximum atomic E-state index is 13.1. The summed E-state index contributed by atoms with van der Waals surface area (Å²) in [5.41, 5.74) is 0. The summed E-state index contributed by atoms with van der Waals surface area (Å²) < 4.78 is 40.3. The molecule has 150 valence electrons. The molecule has 0 bridgehead atoms. The molecular weight excluding hydrogens is 395 g/mol. The normalized spacial score (nSPS) is 14.5. The average molecular weight is 413 g/mol. The molecule has 0 saturated heterocycles. The Labute approximate surface area is 162 Å². The fourth-order valence-electron chi connectivity index (χ4n) is 3.17. The smallest absolute Gasteiger partial charge is 0.395 e. The van der Waals surface area contributed by atoms with Gasteiger partial charge in [-0.15, -0.1) is 21.5 Å². The number of rotatable bonds is 5. The van der Waals surface area contributed by atoms with E-state index in [1.807, 2.05) is 17.9 Å². The fraction of sp³-hybridized carbons (Fsp3) is 0.500. The summed E-state index contributed by atoms with van der Waals surface area (Å²) in [7, 11) is 0. The lowest BCUT2D eigenvalue weighted by molar-refractivity contribution is -0.147. The van der Waals surface area contributed by atoms with Crippen molar-refractivity contribution in [2.24, 2.45) is 0 Å². The Balaban J connectivity index is 1.72. The predicted molar refractivity (Wildman–Crippen MR) is 98.4 cm³/mol. The topological polar surface area (TPSA) is 92.0 Å². The lowest BCUT2D eigenvalue weighted by atomic mass is 10.2. The molecule has 3 aromatic rings. The molecule has 3 aromatic heterocycles. The zero-order chi connectivity index (χ0) is 19.9. The third kappa shape index (κ3) is 3.37. The van der Waals surface area contributed by atoms with Gasteiger partial charge in [-0.25, -0.2) is 4.98 Å². The SMILES string of the molecule is CCc1cc2c(N3CCn4c(nnc4C(F)(F)F)C3)nc(NCCO)nc2s1. The lowest BCUT2D eigenvalue weighted by Gasteiger charge is -2.29. The van der Waals surface area contributed by atoms with E-state index in [2.05, 4.69) is 25.5 Å². The van der Waals surface area contributed by atoms with E-state index in [-0.39, 0.29) is 25.5 Å². The van der Waals surface area contributed by atoms with E-state index in [1.165, 1.54) is 0 Å². The van der Waals surface area contributed by atoms with Gasteiger partial charge in [-0.2, -0.15) is 18.2 Å². The number of thiophene rings is 1. The molecule has 28 heavy (non-hydrogen) atoms. The summed E-state index contributed by atoms with van der Waals surface area (Å²) in [4.78, 5) is 12.9. The molecule has 4 rings (SSSR count). The van der Waals surface area contributed by atoms with Crippen LogP contribution in [0, 0.1) is 0 Å². The van der Waals surface area contributed by atoms with Gasteiger partial charge in [0.1, 0.15) is 10.6 Å². The molecule has 1 aliphatic rings. The molecule has 0 atom stereocenters. The number of nitrogens with one attached hydrogen (secondary N) is 1. The number of aromatic nitrogens is 5. The van der Waals surface area contributed by atoms with Gasteiger partial charge in [0.25, 0.3) is 0 Å². The van der Waals surface area contributed by atoms with Crippen LogP contribution in [0.1, 0.15) is 23.4 Å². The van der Waals surface area contributed by atoms with Gasteiger partial charge in [0.15, 0.2) is 5.82 Å². The number of fused-ring (bicyclic) bond motifs is 2. The zero-order valence-corrected chi connectivity index (χ0v) is 15.8. The first-order valence-electron chi connectivity index (χ1n) is 8.80. The molecule has 12 heteroatoms. The second kappa shape index (κ2) is 7.17. The van der Waals surface area contributed by atoms with E-state index in [0.717, 1.165) is 26.1 Å². The number of alkyl halides is 3. The van der Waals surface area contributed by atoms with Crippen LogP contribution in [-0.4, -0.2) is 49.5 Å². The Morgan fingerprint density at radius 3 is 2.79 bits per heavy atom. The van der Waals surface area contributed by atoms with Gasteiger partial charge in [-0.05, 0) is 12.5 Å². The van der Waals surface area contributed by atoms with Crippen LogP contribution in [0.2, 0.25) is 0 Å². The second-order valence-corrected chi connectivity index (χ2v) is 7.43. The summed E-state index contributed by atoms with van der Waals surface area (Å²) in [6.45, 7) is 2.93. The largest absolute Gasteiger partial charge is 0.451 e. The Kier molecular flexibility index (Phi) is 4.83. The molecule has 0 aromatic carbocycles. The summed E-state index contributed by atoms with van der Waals surface area (Å²) >= 11 is 1.55. The minimum Gasteiger partial charge on any atom is -0.395 e. The van der Waals surface area contributed by atoms with Crippen molar-refractivity contribution in [1.82, 2.24) is 24.7 Å². The summed E-state index contributed by atoms with van der Waals surface area (Å²) in [6, 6.07) is 2.02. The highest BCUT2D eigenvalue weighted by molar-refractivity contribution is 7.18. The van der Waals surface area contributed by atoms with Crippen molar-refractivity contribution in [3.05, 3.63) is 22.6 Å². The predicted octanol–water partition coefficient (Wildman–Crippen LogP) is 2.29. The molecule has 1 aliphatic heterocycles. The summed E-state index contributed by atoms with van der Waals surface area (Å²) in [5, 5.41) is 19.9. The van der Waals surface area contributed by atoms with Gasteiger partial charge in [-0.1, -0.05) is 6.92 Å². The van der Waals surface area contributed by atoms with Crippen LogP contribution >= 0.6 is 11.3 Å². The van der Waals surface area contributed by atoms with Crippen LogP contribution in [0.3, 0.4) is 0 Å². The molecular formula is C16H18F3N7OS. The van der Waals surface area contributed by atoms with Crippen LogP contribution in [0.15, 0.2) is 6.07 Å². The van der Waals surface area contributed by atoms with Gasteiger partial charge < -0.3 is 19.9 Å². The third-order valence-corrected chi connectivity index (χ3v) is 5.65. The Morgan fingerprint density at radius 2 is 2.07 bits per heavy atom. The van der Waals surface area contributed by atoms with Gasteiger partial charge >= 0.3 is 6.18 Å². The molecule has 8 nitrogen and oxygen atoms in total. The Hall–Kier alpha value is -2.47. The molecule has 0 fully saturated rings. The van der Waals surface area contributed by atoms with E-state index in [9.17, 15) is 13.2 Å². The fourth-order valence-corrected chi connectivity index (χ4v) is 4.13. The van der Waals surface area contributed by atoms with Gasteiger partial charge in [0.2, 0.25) is 11.8 Å². The van der Waals surface area contributed by atoms with Crippen molar-refractivity contribution < 1.29 is 18.3 Å². The number of aliphatic hydroxyl groups excluding tert-OH is 1. The van der Waals surface area contributed by atoms with Crippen LogP contribution in [0.4, 0.5) is 24.9 Å². The van der Waals surface area contributed by atoms with Gasteiger partial charge in [0.05, 0.1) is 18.5 Å². The number of aliphatic hydroxyl groups is 1. The van der Waals surface area contributed by atoms with E-state index in [4.69, 9.17) is 5.11 Å². The molecule has 0 aliphatic carbocycles. The molecule has 2 N–H and O–H groups in total. The highest BCUT2D eigenvalue weighted by Gasteiger charge is 2.39. The van der Waals surface area contributed by atoms with Gasteiger partial charge in [-0.3, -0.25) is 0 Å². The second-order valence-electron chi connectivity index (χ2n) is 6.32. The van der Waals surface area contributed by atoms with Crippen molar-refractivity contribution in [3.63, 3.8) is 0 Å². The highest BCUT2D eigenvalue weighted by atomic mass is 32.1. The van der Waals surface area contributed by atoms with Crippen molar-refractivity contribution in [2.75, 3.05) is 29.9 Å². The number of hydrogen-bond donors (Lipinski definition) is 2. The third-order valence-electron chi connectivity index (χ3n) is 4.47. The summed E-state index contributed by atoms with van der Waals surface area (Å²) in [5.74, 6) is 0.304. The highest BCUT2D eigenvalue weighted by Crippen LogP contribution is 2.35. The zero-order valence-electron chi connectivity index (χ0n) is 15.0. The lowest BCUT2D eigenvalue weighted by Crippen LogP contribution is -2.36. The minimum absolute atomic E-state index is 0.0611. The molecule has 0 spiro atoms. The van der Waals surface area contributed by atoms with Crippen LogP contribution < -0.4 is 10.2 Å². The average Bonchev–Trinajstić information content (AvgIpc) is 3.28.